The van der Waals surface area contributed by atoms with Gasteiger partial charge in [-0.1, -0.05) is 17.7 Å². The van der Waals surface area contributed by atoms with Crippen molar-refractivity contribution in [2.24, 2.45) is 4.99 Å². The fourth-order valence-corrected chi connectivity index (χ4v) is 2.18. The topological polar surface area (TPSA) is 74.6 Å². The van der Waals surface area contributed by atoms with Crippen LogP contribution in [-0.2, 0) is 0 Å². The van der Waals surface area contributed by atoms with Crippen molar-refractivity contribution in [3.63, 3.8) is 0 Å². The maximum atomic E-state index is 11.5. The summed E-state index contributed by atoms with van der Waals surface area (Å²) < 4.78 is 0. The lowest BCUT2D eigenvalue weighted by Gasteiger charge is -2.14. The van der Waals surface area contributed by atoms with Crippen LogP contribution in [0.4, 0.5) is 11.5 Å². The van der Waals surface area contributed by atoms with Crippen molar-refractivity contribution in [1.29, 1.82) is 0 Å². The average Bonchev–Trinajstić information content (AvgIpc) is 2.48. The number of hydrogen-bond acceptors (Lipinski definition) is 4. The Bertz CT molecular complexity index is 734. The smallest absolute Gasteiger partial charge is 0.336 e. The van der Waals surface area contributed by atoms with Crippen molar-refractivity contribution in [1.82, 2.24) is 4.98 Å². The zero-order chi connectivity index (χ0) is 16.3. The minimum atomic E-state index is -0.990. The number of carboxylic acid groups (broad SMARTS) is 1. The SMILES string of the molecule is CN=C(C)c1c(C(=O)O)cc(C)nc1Nc1ccc(C)cc1. The number of aliphatic imine (C=N–C) groups is 1. The van der Waals surface area contributed by atoms with Crippen molar-refractivity contribution in [3.05, 3.63) is 52.7 Å². The summed E-state index contributed by atoms with van der Waals surface area (Å²) in [5.74, 6) is -0.486. The predicted molar refractivity (Wildman–Crippen MR) is 88.5 cm³/mol. The van der Waals surface area contributed by atoms with E-state index in [1.165, 1.54) is 0 Å². The van der Waals surface area contributed by atoms with E-state index in [9.17, 15) is 9.90 Å². The molecule has 0 radical (unpaired) electrons. The van der Waals surface area contributed by atoms with Crippen LogP contribution in [0.15, 0.2) is 35.3 Å². The van der Waals surface area contributed by atoms with Gasteiger partial charge in [0.15, 0.2) is 0 Å². The average molecular weight is 297 g/mol. The molecule has 0 saturated heterocycles. The zero-order valence-electron chi connectivity index (χ0n) is 13.1. The molecule has 0 aliphatic carbocycles. The van der Waals surface area contributed by atoms with E-state index in [1.54, 1.807) is 27.0 Å². The molecule has 2 rings (SSSR count). The van der Waals surface area contributed by atoms with E-state index < -0.39 is 5.97 Å². The van der Waals surface area contributed by atoms with Crippen molar-refractivity contribution >= 4 is 23.2 Å². The van der Waals surface area contributed by atoms with Gasteiger partial charge in [-0.3, -0.25) is 4.99 Å². The normalized spacial score (nSPS) is 11.4. The Morgan fingerprint density at radius 1 is 1.23 bits per heavy atom. The molecule has 0 spiro atoms. The Morgan fingerprint density at radius 2 is 1.86 bits per heavy atom. The Morgan fingerprint density at radius 3 is 2.41 bits per heavy atom. The van der Waals surface area contributed by atoms with E-state index >= 15 is 0 Å². The number of aryl methyl sites for hydroxylation is 2. The second-order valence-corrected chi connectivity index (χ2v) is 5.14. The van der Waals surface area contributed by atoms with E-state index in [0.29, 0.717) is 22.8 Å². The van der Waals surface area contributed by atoms with Crippen LogP contribution in [0.1, 0.15) is 34.1 Å². The van der Waals surface area contributed by atoms with Crippen molar-refractivity contribution in [2.45, 2.75) is 20.8 Å². The molecule has 0 unspecified atom stereocenters. The number of pyridine rings is 1. The second kappa shape index (κ2) is 6.39. The summed E-state index contributed by atoms with van der Waals surface area (Å²) in [6, 6.07) is 9.39. The summed E-state index contributed by atoms with van der Waals surface area (Å²) in [6.45, 7) is 5.56. The van der Waals surface area contributed by atoms with Crippen molar-refractivity contribution in [2.75, 3.05) is 12.4 Å². The molecule has 1 aromatic carbocycles. The highest BCUT2D eigenvalue weighted by Gasteiger charge is 2.19. The van der Waals surface area contributed by atoms with Crippen LogP contribution in [0.25, 0.3) is 0 Å². The first-order valence-electron chi connectivity index (χ1n) is 6.94. The third-order valence-electron chi connectivity index (χ3n) is 3.39. The molecule has 2 aromatic rings. The summed E-state index contributed by atoms with van der Waals surface area (Å²) in [5, 5.41) is 12.6. The van der Waals surface area contributed by atoms with E-state index in [1.807, 2.05) is 31.2 Å². The van der Waals surface area contributed by atoms with Gasteiger partial charge in [-0.05, 0) is 39.0 Å². The Labute approximate surface area is 129 Å². The highest BCUT2D eigenvalue weighted by molar-refractivity contribution is 6.11. The van der Waals surface area contributed by atoms with E-state index in [0.717, 1.165) is 11.3 Å². The summed E-state index contributed by atoms with van der Waals surface area (Å²) in [5.41, 5.74) is 3.98. The number of rotatable bonds is 4. The van der Waals surface area contributed by atoms with Gasteiger partial charge in [0.25, 0.3) is 0 Å². The highest BCUT2D eigenvalue weighted by Crippen LogP contribution is 2.24. The van der Waals surface area contributed by atoms with Gasteiger partial charge in [-0.25, -0.2) is 9.78 Å². The molecule has 0 saturated carbocycles. The van der Waals surface area contributed by atoms with Gasteiger partial charge in [0.05, 0.1) is 11.1 Å². The molecule has 2 N–H and O–H groups in total. The van der Waals surface area contributed by atoms with Crippen LogP contribution in [0.3, 0.4) is 0 Å². The number of hydrogen-bond donors (Lipinski definition) is 2. The van der Waals surface area contributed by atoms with Gasteiger partial charge in [0, 0.05) is 24.1 Å². The van der Waals surface area contributed by atoms with E-state index in [2.05, 4.69) is 15.3 Å². The van der Waals surface area contributed by atoms with Crippen LogP contribution in [0.5, 0.6) is 0 Å². The van der Waals surface area contributed by atoms with Gasteiger partial charge in [-0.2, -0.15) is 0 Å². The van der Waals surface area contributed by atoms with Gasteiger partial charge in [0.2, 0.25) is 0 Å². The first-order chi connectivity index (χ1) is 10.4. The fourth-order valence-electron chi connectivity index (χ4n) is 2.18. The Hall–Kier alpha value is -2.69. The van der Waals surface area contributed by atoms with Crippen LogP contribution in [0, 0.1) is 13.8 Å². The summed E-state index contributed by atoms with van der Waals surface area (Å²) >= 11 is 0. The maximum Gasteiger partial charge on any atom is 0.336 e. The molecule has 0 aliphatic rings. The second-order valence-electron chi connectivity index (χ2n) is 5.14. The molecule has 1 heterocycles. The van der Waals surface area contributed by atoms with E-state index in [-0.39, 0.29) is 5.56 Å². The molecule has 1 aromatic heterocycles. The van der Waals surface area contributed by atoms with Crippen LogP contribution < -0.4 is 5.32 Å². The van der Waals surface area contributed by atoms with Crippen LogP contribution in [0.2, 0.25) is 0 Å². The number of carboxylic acids is 1. The van der Waals surface area contributed by atoms with Gasteiger partial charge in [0.1, 0.15) is 5.82 Å². The van der Waals surface area contributed by atoms with Crippen LogP contribution >= 0.6 is 0 Å². The molecule has 0 bridgehead atoms. The number of aromatic nitrogens is 1. The van der Waals surface area contributed by atoms with Gasteiger partial charge >= 0.3 is 5.97 Å². The predicted octanol–water partition coefficient (Wildman–Crippen LogP) is 3.58. The third kappa shape index (κ3) is 3.31. The minimum absolute atomic E-state index is 0.199. The van der Waals surface area contributed by atoms with Crippen molar-refractivity contribution in [3.8, 4) is 0 Å². The summed E-state index contributed by atoms with van der Waals surface area (Å²) in [6.07, 6.45) is 0. The lowest BCUT2D eigenvalue weighted by Crippen LogP contribution is -2.13. The molecule has 0 atom stereocenters. The Kier molecular flexibility index (Phi) is 4.56. The molecular formula is C17H19N3O2. The lowest BCUT2D eigenvalue weighted by atomic mass is 10.0. The summed E-state index contributed by atoms with van der Waals surface area (Å²) in [7, 11) is 1.64. The lowest BCUT2D eigenvalue weighted by molar-refractivity contribution is 0.0696. The zero-order valence-corrected chi connectivity index (χ0v) is 13.1. The number of anilines is 2. The largest absolute Gasteiger partial charge is 0.478 e. The first-order valence-corrected chi connectivity index (χ1v) is 6.94. The number of nitrogens with one attached hydrogen (secondary N) is 1. The first kappa shape index (κ1) is 15.7. The monoisotopic (exact) mass is 297 g/mol. The van der Waals surface area contributed by atoms with Gasteiger partial charge < -0.3 is 10.4 Å². The number of benzene rings is 1. The van der Waals surface area contributed by atoms with Gasteiger partial charge in [-0.15, -0.1) is 0 Å². The summed E-state index contributed by atoms with van der Waals surface area (Å²) in [4.78, 5) is 20.1. The molecule has 0 amide bonds. The van der Waals surface area contributed by atoms with E-state index in [4.69, 9.17) is 0 Å². The third-order valence-corrected chi connectivity index (χ3v) is 3.39. The molecule has 114 valence electrons. The fraction of sp³-hybridized carbons (Fsp3) is 0.235. The molecule has 5 nitrogen and oxygen atoms in total. The van der Waals surface area contributed by atoms with Crippen molar-refractivity contribution < 1.29 is 9.90 Å². The molecular weight excluding hydrogens is 278 g/mol. The number of carbonyl (C=O) groups is 1. The van der Waals surface area contributed by atoms with Crippen LogP contribution in [-0.4, -0.2) is 28.8 Å². The minimum Gasteiger partial charge on any atom is -0.478 e. The number of nitrogens with zero attached hydrogens (tertiary/aromatic N) is 2. The highest BCUT2D eigenvalue weighted by atomic mass is 16.4. The maximum absolute atomic E-state index is 11.5. The molecule has 0 aliphatic heterocycles. The molecule has 22 heavy (non-hydrogen) atoms. The quantitative estimate of drug-likeness (QED) is 0.846. The standard InChI is InChI=1S/C17H19N3O2/c1-10-5-7-13(8-6-10)20-16-15(12(3)18-4)14(17(21)22)9-11(2)19-16/h5-9H,1-4H3,(H,19,20)(H,21,22). The number of aromatic carboxylic acids is 1. The molecule has 5 heteroatoms. The Balaban J connectivity index is 2.58. The molecule has 0 fully saturated rings.